The van der Waals surface area contributed by atoms with Crippen molar-refractivity contribution in [2.24, 2.45) is 0 Å². The number of aryl methyl sites for hydroxylation is 1. The van der Waals surface area contributed by atoms with Crippen molar-refractivity contribution in [2.75, 3.05) is 12.4 Å². The second kappa shape index (κ2) is 7.99. The number of aromatic nitrogens is 2. The highest BCUT2D eigenvalue weighted by atomic mass is 32.2. The van der Waals surface area contributed by atoms with E-state index in [0.717, 1.165) is 28.8 Å². The molecule has 0 atom stereocenters. The maximum absolute atomic E-state index is 10.8. The smallest absolute Gasteiger partial charge is 0.335 e. The average molecular weight is 324 g/mol. The molecule has 0 aliphatic heterocycles. The molecule has 0 amide bonds. The molecule has 5 nitrogen and oxygen atoms in total. The Bertz CT molecular complexity index is 601. The molecule has 1 aromatic carbocycles. The Labute approximate surface area is 131 Å². The number of ether oxygens (including phenoxy) is 1. The first-order valence-corrected chi connectivity index (χ1v) is 8.36. The van der Waals surface area contributed by atoms with Crippen molar-refractivity contribution in [3.8, 4) is 5.75 Å². The normalized spacial score (nSPS) is 10.5. The summed E-state index contributed by atoms with van der Waals surface area (Å²) in [5.74, 6) is 1.43. The lowest BCUT2D eigenvalue weighted by molar-refractivity contribution is 0.0696. The van der Waals surface area contributed by atoms with Gasteiger partial charge in [-0.15, -0.1) is 0 Å². The number of carbonyl (C=O) groups is 1. The number of carboxylic acid groups (broad SMARTS) is 1. The summed E-state index contributed by atoms with van der Waals surface area (Å²) >= 11 is 3.10. The van der Waals surface area contributed by atoms with Gasteiger partial charge >= 0.3 is 5.97 Å². The van der Waals surface area contributed by atoms with Crippen LogP contribution in [0.5, 0.6) is 5.75 Å². The molecule has 7 heteroatoms. The van der Waals surface area contributed by atoms with Crippen LogP contribution in [0.25, 0.3) is 0 Å². The molecule has 0 spiro atoms. The topological polar surface area (TPSA) is 72.3 Å². The van der Waals surface area contributed by atoms with Crippen molar-refractivity contribution >= 4 is 29.3 Å². The minimum absolute atomic E-state index is 0.239. The van der Waals surface area contributed by atoms with Gasteiger partial charge < -0.3 is 9.84 Å². The minimum Gasteiger partial charge on any atom is -0.494 e. The molecule has 0 aliphatic rings. The summed E-state index contributed by atoms with van der Waals surface area (Å²) in [5, 5.41) is 8.90. The standard InChI is InChI=1S/C14H16N2O3S2/c1-2-12-15-14(21-16-12)20-8-4-7-19-11-6-3-5-10(9-11)13(17)18/h3,5-6,9H,2,4,7-8H2,1H3,(H,17,18). The van der Waals surface area contributed by atoms with Crippen LogP contribution in [-0.2, 0) is 6.42 Å². The highest BCUT2D eigenvalue weighted by Gasteiger charge is 2.05. The lowest BCUT2D eigenvalue weighted by atomic mass is 10.2. The number of aromatic carboxylic acids is 1. The first-order valence-electron chi connectivity index (χ1n) is 6.60. The van der Waals surface area contributed by atoms with E-state index < -0.39 is 5.97 Å². The Kier molecular flexibility index (Phi) is 6.01. The third-order valence-corrected chi connectivity index (χ3v) is 4.59. The van der Waals surface area contributed by atoms with Gasteiger partial charge in [0.2, 0.25) is 0 Å². The van der Waals surface area contributed by atoms with E-state index in [1.807, 2.05) is 6.92 Å². The molecule has 0 saturated carbocycles. The maximum atomic E-state index is 10.8. The van der Waals surface area contributed by atoms with Crippen LogP contribution in [0.4, 0.5) is 0 Å². The van der Waals surface area contributed by atoms with Crippen molar-refractivity contribution in [3.63, 3.8) is 0 Å². The number of benzene rings is 1. The van der Waals surface area contributed by atoms with Gasteiger partial charge in [-0.2, -0.15) is 4.37 Å². The van der Waals surface area contributed by atoms with Crippen molar-refractivity contribution in [3.05, 3.63) is 35.7 Å². The van der Waals surface area contributed by atoms with Gasteiger partial charge in [0.1, 0.15) is 11.6 Å². The lowest BCUT2D eigenvalue weighted by Crippen LogP contribution is -2.01. The lowest BCUT2D eigenvalue weighted by Gasteiger charge is -2.06. The Morgan fingerprint density at radius 1 is 1.48 bits per heavy atom. The van der Waals surface area contributed by atoms with E-state index in [-0.39, 0.29) is 5.56 Å². The Hall–Kier alpha value is -1.60. The van der Waals surface area contributed by atoms with Gasteiger partial charge in [0.25, 0.3) is 0 Å². The zero-order valence-electron chi connectivity index (χ0n) is 11.6. The molecule has 21 heavy (non-hydrogen) atoms. The van der Waals surface area contributed by atoms with Gasteiger partial charge in [-0.25, -0.2) is 9.78 Å². The molecule has 1 N–H and O–H groups in total. The zero-order chi connectivity index (χ0) is 15.1. The van der Waals surface area contributed by atoms with E-state index in [9.17, 15) is 4.79 Å². The molecule has 112 valence electrons. The largest absolute Gasteiger partial charge is 0.494 e. The van der Waals surface area contributed by atoms with E-state index >= 15 is 0 Å². The molecule has 0 aliphatic carbocycles. The van der Waals surface area contributed by atoms with Crippen LogP contribution in [-0.4, -0.2) is 32.8 Å². The van der Waals surface area contributed by atoms with Crippen LogP contribution in [0.1, 0.15) is 29.5 Å². The third kappa shape index (κ3) is 5.02. The van der Waals surface area contributed by atoms with Gasteiger partial charge in [-0.05, 0) is 36.2 Å². The number of hydrogen-bond acceptors (Lipinski definition) is 6. The number of nitrogens with zero attached hydrogens (tertiary/aromatic N) is 2. The second-order valence-corrected chi connectivity index (χ2v) is 6.31. The first-order chi connectivity index (χ1) is 10.2. The van der Waals surface area contributed by atoms with Crippen molar-refractivity contribution in [1.29, 1.82) is 0 Å². The summed E-state index contributed by atoms with van der Waals surface area (Å²) in [7, 11) is 0. The summed E-state index contributed by atoms with van der Waals surface area (Å²) in [4.78, 5) is 15.2. The number of thioether (sulfide) groups is 1. The number of rotatable bonds is 8. The van der Waals surface area contributed by atoms with Gasteiger partial charge in [-0.1, -0.05) is 24.8 Å². The summed E-state index contributed by atoms with van der Waals surface area (Å²) < 4.78 is 10.8. The molecule has 1 heterocycles. The molecule has 0 bridgehead atoms. The highest BCUT2D eigenvalue weighted by molar-refractivity contribution is 8.00. The number of carboxylic acids is 1. The van der Waals surface area contributed by atoms with E-state index in [0.29, 0.717) is 12.4 Å². The quantitative estimate of drug-likeness (QED) is 0.593. The average Bonchev–Trinajstić information content (AvgIpc) is 2.95. The molecule has 0 unspecified atom stereocenters. The molecule has 0 radical (unpaired) electrons. The first kappa shape index (κ1) is 15.8. The van der Waals surface area contributed by atoms with Crippen LogP contribution in [0.2, 0.25) is 0 Å². The number of hydrogen-bond donors (Lipinski definition) is 1. The minimum atomic E-state index is -0.945. The molecular weight excluding hydrogens is 308 g/mol. The van der Waals surface area contributed by atoms with Crippen molar-refractivity contribution in [2.45, 2.75) is 24.1 Å². The van der Waals surface area contributed by atoms with E-state index in [1.165, 1.54) is 17.6 Å². The predicted molar refractivity (Wildman–Crippen MR) is 83.5 cm³/mol. The van der Waals surface area contributed by atoms with Crippen LogP contribution in [0, 0.1) is 0 Å². The molecule has 0 fully saturated rings. The predicted octanol–water partition coefficient (Wildman–Crippen LogP) is 3.36. The molecular formula is C14H16N2O3S2. The molecule has 2 rings (SSSR count). The third-order valence-electron chi connectivity index (χ3n) is 2.63. The van der Waals surface area contributed by atoms with Gasteiger partial charge in [0.15, 0.2) is 4.34 Å². The Balaban J connectivity index is 1.70. The molecule has 0 saturated heterocycles. The second-order valence-electron chi connectivity index (χ2n) is 4.21. The van der Waals surface area contributed by atoms with Gasteiger partial charge in [-0.3, -0.25) is 0 Å². The fourth-order valence-corrected chi connectivity index (χ4v) is 3.25. The summed E-state index contributed by atoms with van der Waals surface area (Å²) in [6.45, 7) is 2.59. The summed E-state index contributed by atoms with van der Waals surface area (Å²) in [6, 6.07) is 6.53. The van der Waals surface area contributed by atoms with Crippen molar-refractivity contribution < 1.29 is 14.6 Å². The van der Waals surface area contributed by atoms with Gasteiger partial charge in [0.05, 0.1) is 12.2 Å². The summed E-state index contributed by atoms with van der Waals surface area (Å²) in [6.07, 6.45) is 1.73. The molecule has 2 aromatic rings. The molecule has 1 aromatic heterocycles. The van der Waals surface area contributed by atoms with E-state index in [4.69, 9.17) is 9.84 Å². The SMILES string of the molecule is CCc1nsc(SCCCOc2cccc(C(=O)O)c2)n1. The maximum Gasteiger partial charge on any atom is 0.335 e. The fourth-order valence-electron chi connectivity index (χ4n) is 1.57. The Morgan fingerprint density at radius 2 is 2.33 bits per heavy atom. The van der Waals surface area contributed by atoms with E-state index in [1.54, 1.807) is 30.0 Å². The fraction of sp³-hybridized carbons (Fsp3) is 0.357. The monoisotopic (exact) mass is 324 g/mol. The van der Waals surface area contributed by atoms with Crippen LogP contribution in [0.15, 0.2) is 28.6 Å². The van der Waals surface area contributed by atoms with Crippen LogP contribution >= 0.6 is 23.3 Å². The van der Waals surface area contributed by atoms with Crippen LogP contribution in [0.3, 0.4) is 0 Å². The zero-order valence-corrected chi connectivity index (χ0v) is 13.2. The Morgan fingerprint density at radius 3 is 3.05 bits per heavy atom. The van der Waals surface area contributed by atoms with Crippen molar-refractivity contribution in [1.82, 2.24) is 9.36 Å². The summed E-state index contributed by atoms with van der Waals surface area (Å²) in [5.41, 5.74) is 0.239. The van der Waals surface area contributed by atoms with Gasteiger partial charge in [0, 0.05) is 12.2 Å². The van der Waals surface area contributed by atoms with E-state index in [2.05, 4.69) is 9.36 Å². The van der Waals surface area contributed by atoms with Crippen LogP contribution < -0.4 is 4.74 Å². The highest BCUT2D eigenvalue weighted by Crippen LogP contribution is 2.21.